The zero-order chi connectivity index (χ0) is 25.5. The first kappa shape index (κ1) is 24.0. The molecule has 1 atom stereocenters. The van der Waals surface area contributed by atoms with Gasteiger partial charge in [-0.1, -0.05) is 17.3 Å². The summed E-state index contributed by atoms with van der Waals surface area (Å²) in [5.41, 5.74) is 6.37. The van der Waals surface area contributed by atoms with Gasteiger partial charge in [-0.25, -0.2) is 9.59 Å². The zero-order valence-electron chi connectivity index (χ0n) is 19.0. The number of carboxylic acids is 1. The Morgan fingerprint density at radius 2 is 1.94 bits per heavy atom. The summed E-state index contributed by atoms with van der Waals surface area (Å²) >= 11 is 0. The molecule has 5 rings (SSSR count). The Bertz CT molecular complexity index is 1430. The first-order valence-corrected chi connectivity index (χ1v) is 10.5. The van der Waals surface area contributed by atoms with Crippen LogP contribution in [0, 0.1) is 13.8 Å². The van der Waals surface area contributed by atoms with E-state index in [2.05, 4.69) is 10.1 Å². The van der Waals surface area contributed by atoms with Crippen LogP contribution in [-0.2, 0) is 11.2 Å². The van der Waals surface area contributed by atoms with E-state index in [0.717, 1.165) is 57.7 Å². The summed E-state index contributed by atoms with van der Waals surface area (Å²) in [5.74, 6) is -1.98. The van der Waals surface area contributed by atoms with Crippen molar-refractivity contribution in [3.63, 3.8) is 0 Å². The van der Waals surface area contributed by atoms with Gasteiger partial charge in [0.05, 0.1) is 22.9 Å². The fraction of sp³-hybridized carbons (Fsp3) is 0.304. The van der Waals surface area contributed by atoms with Crippen molar-refractivity contribution in [2.24, 2.45) is 0 Å². The van der Waals surface area contributed by atoms with Gasteiger partial charge in [-0.05, 0) is 56.0 Å². The third-order valence-corrected chi connectivity index (χ3v) is 5.84. The van der Waals surface area contributed by atoms with Gasteiger partial charge in [0, 0.05) is 11.8 Å². The molecule has 4 aromatic rings. The Hall–Kier alpha value is -4.09. The predicted molar refractivity (Wildman–Crippen MR) is 118 cm³/mol. The Morgan fingerprint density at radius 1 is 1.23 bits per heavy atom. The number of imidazole rings is 1. The minimum absolute atomic E-state index is 0.125. The summed E-state index contributed by atoms with van der Waals surface area (Å²) in [6.45, 7) is 3.86. The fourth-order valence-electron chi connectivity index (χ4n) is 4.44. The van der Waals surface area contributed by atoms with Crippen LogP contribution < -0.4 is 10.5 Å². The number of rotatable bonds is 3. The summed E-state index contributed by atoms with van der Waals surface area (Å²) in [6, 6.07) is 9.64. The molecule has 0 amide bonds. The summed E-state index contributed by atoms with van der Waals surface area (Å²) in [7, 11) is 1.51. The van der Waals surface area contributed by atoms with E-state index < -0.39 is 12.1 Å². The van der Waals surface area contributed by atoms with Gasteiger partial charge in [0.25, 0.3) is 0 Å². The van der Waals surface area contributed by atoms with E-state index in [4.69, 9.17) is 19.3 Å². The average molecular weight is 490 g/mol. The van der Waals surface area contributed by atoms with Crippen LogP contribution in [0.25, 0.3) is 22.2 Å². The Kier molecular flexibility index (Phi) is 6.14. The molecule has 4 heterocycles. The first-order chi connectivity index (χ1) is 16.6. The molecule has 1 aliphatic heterocycles. The number of alkyl halides is 3. The molecule has 1 N–H and O–H groups in total. The molecule has 35 heavy (non-hydrogen) atoms. The van der Waals surface area contributed by atoms with Crippen LogP contribution in [0.1, 0.15) is 35.2 Å². The molecule has 0 saturated heterocycles. The van der Waals surface area contributed by atoms with Gasteiger partial charge in [0.2, 0.25) is 0 Å². The fourth-order valence-corrected chi connectivity index (χ4v) is 4.44. The van der Waals surface area contributed by atoms with E-state index >= 15 is 0 Å². The van der Waals surface area contributed by atoms with E-state index in [0.29, 0.717) is 0 Å². The highest BCUT2D eigenvalue weighted by Crippen LogP contribution is 2.40. The number of halogens is 3. The predicted octanol–water partition coefficient (Wildman–Crippen LogP) is 3.70. The van der Waals surface area contributed by atoms with Gasteiger partial charge in [-0.15, -0.1) is 4.73 Å². The van der Waals surface area contributed by atoms with Crippen molar-refractivity contribution in [3.8, 4) is 11.1 Å². The molecule has 9 nitrogen and oxygen atoms in total. The number of aryl methyl sites for hydroxylation is 3. The number of carbonyl (C=O) groups is 1. The van der Waals surface area contributed by atoms with Gasteiger partial charge < -0.3 is 14.5 Å². The first-order valence-electron chi connectivity index (χ1n) is 10.5. The minimum Gasteiger partial charge on any atom is -0.475 e. The Balaban J connectivity index is 0.000000364. The topological polar surface area (TPSA) is 112 Å². The number of aliphatic carboxylic acids is 1. The van der Waals surface area contributed by atoms with Gasteiger partial charge >= 0.3 is 17.8 Å². The number of pyridine rings is 1. The largest absolute Gasteiger partial charge is 0.490 e. The quantitative estimate of drug-likeness (QED) is 0.466. The normalized spacial score (nSPS) is 15.0. The summed E-state index contributed by atoms with van der Waals surface area (Å²) in [4.78, 5) is 32.0. The molecule has 0 aliphatic carbocycles. The number of carboxylic acid groups (broad SMARTS) is 1. The lowest BCUT2D eigenvalue weighted by molar-refractivity contribution is -0.192. The van der Waals surface area contributed by atoms with Crippen molar-refractivity contribution >= 4 is 17.0 Å². The number of hydrogen-bond donors (Lipinski definition) is 1. The van der Waals surface area contributed by atoms with Crippen LogP contribution in [-0.4, -0.2) is 43.8 Å². The van der Waals surface area contributed by atoms with Gasteiger partial charge in [-0.3, -0.25) is 9.55 Å². The highest BCUT2D eigenvalue weighted by molar-refractivity contribution is 5.89. The second kappa shape index (κ2) is 8.93. The number of hydrogen-bond acceptors (Lipinski definition) is 6. The summed E-state index contributed by atoms with van der Waals surface area (Å²) in [6.07, 6.45) is -1.71. The van der Waals surface area contributed by atoms with Gasteiger partial charge in [0.1, 0.15) is 18.4 Å². The minimum atomic E-state index is -5.08. The van der Waals surface area contributed by atoms with Crippen LogP contribution in [0.3, 0.4) is 0 Å². The molecule has 12 heteroatoms. The van der Waals surface area contributed by atoms with Crippen LogP contribution in [0.15, 0.2) is 45.8 Å². The summed E-state index contributed by atoms with van der Waals surface area (Å²) < 4.78 is 40.3. The molecule has 1 aliphatic rings. The van der Waals surface area contributed by atoms with E-state index in [-0.39, 0.29) is 11.7 Å². The highest BCUT2D eigenvalue weighted by Gasteiger charge is 2.38. The van der Waals surface area contributed by atoms with Gasteiger partial charge in [0.15, 0.2) is 0 Å². The average Bonchev–Trinajstić information content (AvgIpc) is 3.31. The molecular weight excluding hydrogens is 469 g/mol. The van der Waals surface area contributed by atoms with Crippen molar-refractivity contribution in [1.82, 2.24) is 19.4 Å². The highest BCUT2D eigenvalue weighted by atomic mass is 19.4. The lowest BCUT2D eigenvalue weighted by atomic mass is 9.89. The molecule has 0 saturated carbocycles. The van der Waals surface area contributed by atoms with Crippen molar-refractivity contribution in [2.75, 3.05) is 7.11 Å². The molecule has 1 unspecified atom stereocenters. The van der Waals surface area contributed by atoms with Crippen LogP contribution in [0.5, 0.6) is 0 Å². The molecule has 184 valence electrons. The standard InChI is InChI=1S/C21H20N4O3.C2HF3O2/c1-12-19(13(2)28-23-12)14-7-10-18-20-15(14)8-9-17(16-6-4-5-11-22-16)24(20)21(26)25(18)27-3;3-2(4,5)1(6)7/h4-7,10-11,17H,8-9H2,1-3H3;(H,6,7). The van der Waals surface area contributed by atoms with Gasteiger partial charge in [-0.2, -0.15) is 13.2 Å². The maximum Gasteiger partial charge on any atom is 0.490 e. The number of nitrogens with zero attached hydrogens (tertiary/aromatic N) is 4. The monoisotopic (exact) mass is 490 g/mol. The van der Waals surface area contributed by atoms with Crippen LogP contribution >= 0.6 is 0 Å². The maximum absolute atomic E-state index is 13.2. The molecule has 3 aromatic heterocycles. The van der Waals surface area contributed by atoms with Crippen molar-refractivity contribution in [3.05, 3.63) is 69.7 Å². The Labute approximate surface area is 196 Å². The van der Waals surface area contributed by atoms with E-state index in [1.165, 1.54) is 11.8 Å². The maximum atomic E-state index is 13.2. The van der Waals surface area contributed by atoms with E-state index in [1.54, 1.807) is 6.20 Å². The Morgan fingerprint density at radius 3 is 2.49 bits per heavy atom. The van der Waals surface area contributed by atoms with Crippen molar-refractivity contribution in [2.45, 2.75) is 38.9 Å². The SMILES string of the molecule is COn1c(=O)n2c3c(c(-c4c(C)noc4C)ccc31)CCC2c1ccccn1.O=C(O)C(F)(F)F. The molecule has 0 spiro atoms. The second-order valence-corrected chi connectivity index (χ2v) is 7.90. The summed E-state index contributed by atoms with van der Waals surface area (Å²) in [5, 5.41) is 11.2. The van der Waals surface area contributed by atoms with Crippen molar-refractivity contribution in [1.29, 1.82) is 0 Å². The molecule has 1 aromatic carbocycles. The number of benzene rings is 1. The van der Waals surface area contributed by atoms with Crippen LogP contribution in [0.4, 0.5) is 13.2 Å². The lowest BCUT2D eigenvalue weighted by Gasteiger charge is -2.25. The molecule has 0 radical (unpaired) electrons. The number of aromatic nitrogens is 4. The molecule has 0 bridgehead atoms. The second-order valence-electron chi connectivity index (χ2n) is 7.90. The van der Waals surface area contributed by atoms with Crippen LogP contribution in [0.2, 0.25) is 0 Å². The molecular formula is C23H21F3N4O5. The zero-order valence-corrected chi connectivity index (χ0v) is 19.0. The third kappa shape index (κ3) is 4.15. The molecule has 0 fully saturated rings. The third-order valence-electron chi connectivity index (χ3n) is 5.84. The smallest absolute Gasteiger partial charge is 0.475 e. The van der Waals surface area contributed by atoms with Crippen molar-refractivity contribution < 1.29 is 32.4 Å². The van der Waals surface area contributed by atoms with E-state index in [9.17, 15) is 18.0 Å². The lowest BCUT2D eigenvalue weighted by Crippen LogP contribution is -2.32. The van der Waals surface area contributed by atoms with E-state index in [1.807, 2.05) is 48.7 Å².